The van der Waals surface area contributed by atoms with Crippen LogP contribution in [0.3, 0.4) is 0 Å². The van der Waals surface area contributed by atoms with E-state index in [2.05, 4.69) is 10.6 Å². The van der Waals surface area contributed by atoms with Crippen LogP contribution in [0.5, 0.6) is 11.5 Å². The summed E-state index contributed by atoms with van der Waals surface area (Å²) in [5.41, 5.74) is 1.22. The fourth-order valence-corrected chi connectivity index (χ4v) is 7.69. The lowest BCUT2D eigenvalue weighted by Crippen LogP contribution is -2.60. The first-order valence-corrected chi connectivity index (χ1v) is 13.3. The number of hydrogen-bond donors (Lipinski definition) is 2. The average molecular weight is 479 g/mol. The fourth-order valence-electron chi connectivity index (χ4n) is 6.84. The number of carbonyl (C=O) groups is 2. The lowest BCUT2D eigenvalue weighted by Gasteiger charge is -2.56. The van der Waals surface area contributed by atoms with E-state index in [0.29, 0.717) is 41.7 Å². The van der Waals surface area contributed by atoms with Crippen molar-refractivity contribution in [1.82, 2.24) is 5.32 Å². The van der Waals surface area contributed by atoms with Crippen LogP contribution in [0.25, 0.3) is 0 Å². The van der Waals surface area contributed by atoms with Crippen LogP contribution in [0.2, 0.25) is 0 Å². The number of carbonyl (C=O) groups excluding carboxylic acids is 2. The molecule has 2 amide bonds. The summed E-state index contributed by atoms with van der Waals surface area (Å²) in [6.07, 6.45) is 7.50. The number of hydrogen-bond acceptors (Lipinski definition) is 5. The Labute approximate surface area is 204 Å². The molecule has 0 spiro atoms. The Balaban J connectivity index is 1.09. The van der Waals surface area contributed by atoms with Gasteiger partial charge in [0.05, 0.1) is 11.3 Å². The van der Waals surface area contributed by atoms with Gasteiger partial charge in [0.15, 0.2) is 11.5 Å². The Bertz CT molecular complexity index is 1080. The number of thioether (sulfide) groups is 1. The molecule has 5 aliphatic rings. The molecule has 34 heavy (non-hydrogen) atoms. The molecule has 7 rings (SSSR count). The first-order chi connectivity index (χ1) is 16.6. The second-order valence-electron chi connectivity index (χ2n) is 10.3. The Hall–Kier alpha value is -2.67. The van der Waals surface area contributed by atoms with Crippen molar-refractivity contribution < 1.29 is 19.1 Å². The standard InChI is InChI=1S/C27H30N2O4S/c30-25(29-27-13-17-9-18(14-27)11-19(10-17)15-27)16-34-24-4-2-1-3-21(24)26(31)28-20-5-6-22-23(12-20)33-8-7-32-22/h1-6,12,17-19H,7-11,13-16H2,(H,28,31)(H,29,30). The molecule has 0 aromatic heterocycles. The Morgan fingerprint density at radius 3 is 2.32 bits per heavy atom. The molecular formula is C27H30N2O4S. The van der Waals surface area contributed by atoms with Crippen LogP contribution in [0, 0.1) is 17.8 Å². The lowest BCUT2D eigenvalue weighted by molar-refractivity contribution is -0.124. The van der Waals surface area contributed by atoms with Crippen LogP contribution >= 0.6 is 11.8 Å². The predicted octanol–water partition coefficient (Wildman–Crippen LogP) is 4.89. The van der Waals surface area contributed by atoms with E-state index in [-0.39, 0.29) is 17.4 Å². The van der Waals surface area contributed by atoms with Gasteiger partial charge in [0.2, 0.25) is 5.91 Å². The molecule has 6 nitrogen and oxygen atoms in total. The van der Waals surface area contributed by atoms with Gasteiger partial charge in [0.25, 0.3) is 5.91 Å². The molecule has 178 valence electrons. The molecule has 2 N–H and O–H groups in total. The maximum Gasteiger partial charge on any atom is 0.256 e. The van der Waals surface area contributed by atoms with Crippen molar-refractivity contribution in [2.75, 3.05) is 24.3 Å². The van der Waals surface area contributed by atoms with Gasteiger partial charge in [0, 0.05) is 22.2 Å². The zero-order chi connectivity index (χ0) is 23.1. The van der Waals surface area contributed by atoms with Gasteiger partial charge in [-0.05, 0) is 80.5 Å². The van der Waals surface area contributed by atoms with Crippen LogP contribution in [0.15, 0.2) is 47.4 Å². The number of rotatable bonds is 6. The lowest BCUT2D eigenvalue weighted by atomic mass is 9.53. The minimum Gasteiger partial charge on any atom is -0.486 e. The maximum absolute atomic E-state index is 13.0. The summed E-state index contributed by atoms with van der Waals surface area (Å²) in [7, 11) is 0. The summed E-state index contributed by atoms with van der Waals surface area (Å²) in [6.45, 7) is 1.02. The van der Waals surface area contributed by atoms with Crippen molar-refractivity contribution in [3.63, 3.8) is 0 Å². The number of ether oxygens (including phenoxy) is 2. The number of nitrogens with one attached hydrogen (secondary N) is 2. The van der Waals surface area contributed by atoms with Crippen molar-refractivity contribution in [2.24, 2.45) is 17.8 Å². The molecular weight excluding hydrogens is 448 g/mol. The number of amides is 2. The second kappa shape index (κ2) is 8.84. The van der Waals surface area contributed by atoms with Gasteiger partial charge in [-0.3, -0.25) is 9.59 Å². The Kier molecular flexibility index (Phi) is 5.68. The fraction of sp³-hybridized carbons (Fsp3) is 0.481. The number of anilines is 1. The molecule has 4 aliphatic carbocycles. The molecule has 1 heterocycles. The maximum atomic E-state index is 13.0. The SMILES string of the molecule is O=C(CSc1ccccc1C(=O)Nc1ccc2c(c1)OCCO2)NC12CC3CC(CC(C3)C1)C2. The van der Waals surface area contributed by atoms with Gasteiger partial charge in [-0.25, -0.2) is 0 Å². The van der Waals surface area contributed by atoms with Crippen LogP contribution in [-0.2, 0) is 4.79 Å². The van der Waals surface area contributed by atoms with Crippen molar-refractivity contribution >= 4 is 29.3 Å². The van der Waals surface area contributed by atoms with E-state index in [9.17, 15) is 9.59 Å². The Morgan fingerprint density at radius 1 is 0.912 bits per heavy atom. The van der Waals surface area contributed by atoms with E-state index in [1.165, 1.54) is 31.0 Å². The van der Waals surface area contributed by atoms with Crippen LogP contribution in [0.1, 0.15) is 48.9 Å². The molecule has 0 atom stereocenters. The third-order valence-electron chi connectivity index (χ3n) is 7.73. The quantitative estimate of drug-likeness (QED) is 0.579. The summed E-state index contributed by atoms with van der Waals surface area (Å²) in [4.78, 5) is 26.8. The van der Waals surface area contributed by atoms with E-state index in [0.717, 1.165) is 41.9 Å². The highest BCUT2D eigenvalue weighted by atomic mass is 32.2. The van der Waals surface area contributed by atoms with Gasteiger partial charge in [-0.1, -0.05) is 12.1 Å². The minimum absolute atomic E-state index is 0.0154. The normalized spacial score (nSPS) is 28.4. The van der Waals surface area contributed by atoms with E-state index in [1.807, 2.05) is 18.2 Å². The highest BCUT2D eigenvalue weighted by Gasteiger charge is 2.51. The van der Waals surface area contributed by atoms with E-state index < -0.39 is 0 Å². The third-order valence-corrected chi connectivity index (χ3v) is 8.81. The van der Waals surface area contributed by atoms with E-state index in [4.69, 9.17) is 9.47 Å². The highest BCUT2D eigenvalue weighted by molar-refractivity contribution is 8.00. The molecule has 0 radical (unpaired) electrons. The zero-order valence-corrected chi connectivity index (χ0v) is 20.0. The molecule has 4 bridgehead atoms. The molecule has 1 aliphatic heterocycles. The second-order valence-corrected chi connectivity index (χ2v) is 11.4. The third kappa shape index (κ3) is 4.38. The smallest absolute Gasteiger partial charge is 0.256 e. The molecule has 4 saturated carbocycles. The average Bonchev–Trinajstić information content (AvgIpc) is 2.81. The molecule has 4 fully saturated rings. The van der Waals surface area contributed by atoms with Gasteiger partial charge in [-0.2, -0.15) is 0 Å². The van der Waals surface area contributed by atoms with Gasteiger partial charge in [-0.15, -0.1) is 11.8 Å². The zero-order valence-electron chi connectivity index (χ0n) is 19.2. The topological polar surface area (TPSA) is 76.7 Å². The monoisotopic (exact) mass is 478 g/mol. The van der Waals surface area contributed by atoms with E-state index in [1.54, 1.807) is 24.3 Å². The minimum atomic E-state index is -0.207. The first-order valence-electron chi connectivity index (χ1n) is 12.3. The van der Waals surface area contributed by atoms with Crippen LogP contribution in [-0.4, -0.2) is 36.3 Å². The van der Waals surface area contributed by atoms with E-state index >= 15 is 0 Å². The van der Waals surface area contributed by atoms with Gasteiger partial charge >= 0.3 is 0 Å². The number of benzene rings is 2. The summed E-state index contributed by atoms with van der Waals surface area (Å²) >= 11 is 1.43. The van der Waals surface area contributed by atoms with Crippen LogP contribution in [0.4, 0.5) is 5.69 Å². The molecule has 0 unspecified atom stereocenters. The van der Waals surface area contributed by atoms with Crippen molar-refractivity contribution in [3.8, 4) is 11.5 Å². The predicted molar refractivity (Wildman–Crippen MR) is 132 cm³/mol. The number of fused-ring (bicyclic) bond motifs is 1. The van der Waals surface area contributed by atoms with Gasteiger partial charge in [0.1, 0.15) is 13.2 Å². The summed E-state index contributed by atoms with van der Waals surface area (Å²) in [6, 6.07) is 12.8. The van der Waals surface area contributed by atoms with Crippen molar-refractivity contribution in [2.45, 2.75) is 49.0 Å². The summed E-state index contributed by atoms with van der Waals surface area (Å²) in [5.74, 6) is 3.89. The first kappa shape index (κ1) is 21.8. The summed E-state index contributed by atoms with van der Waals surface area (Å²) < 4.78 is 11.2. The Morgan fingerprint density at radius 2 is 1.59 bits per heavy atom. The molecule has 7 heteroatoms. The largest absolute Gasteiger partial charge is 0.486 e. The molecule has 0 saturated heterocycles. The summed E-state index contributed by atoms with van der Waals surface area (Å²) in [5, 5.41) is 6.38. The van der Waals surface area contributed by atoms with Crippen molar-refractivity contribution in [1.29, 1.82) is 0 Å². The van der Waals surface area contributed by atoms with Gasteiger partial charge < -0.3 is 20.1 Å². The van der Waals surface area contributed by atoms with Crippen LogP contribution < -0.4 is 20.1 Å². The molecule has 2 aromatic carbocycles. The highest BCUT2D eigenvalue weighted by Crippen LogP contribution is 2.55. The molecule has 2 aromatic rings. The van der Waals surface area contributed by atoms with Crippen molar-refractivity contribution in [3.05, 3.63) is 48.0 Å².